The van der Waals surface area contributed by atoms with Crippen molar-refractivity contribution >= 4 is 22.5 Å². The SMILES string of the molecule is COc1cc(OC)cc(C(=O)NC2CCC=C(c3nc4cc(C)ccc4n3C)C2)c1. The number of allylic oxidation sites excluding steroid dienone is 1. The van der Waals surface area contributed by atoms with Crippen molar-refractivity contribution in [3.05, 3.63) is 59.4 Å². The highest BCUT2D eigenvalue weighted by atomic mass is 16.5. The molecule has 1 aromatic heterocycles. The second-order valence-corrected chi connectivity index (χ2v) is 7.77. The molecule has 30 heavy (non-hydrogen) atoms. The topological polar surface area (TPSA) is 65.4 Å². The van der Waals surface area contributed by atoms with E-state index in [-0.39, 0.29) is 11.9 Å². The molecule has 0 aliphatic heterocycles. The predicted molar refractivity (Wildman–Crippen MR) is 118 cm³/mol. The van der Waals surface area contributed by atoms with Crippen LogP contribution in [-0.4, -0.2) is 35.7 Å². The van der Waals surface area contributed by atoms with E-state index in [4.69, 9.17) is 14.5 Å². The van der Waals surface area contributed by atoms with Gasteiger partial charge in [0.05, 0.1) is 25.3 Å². The van der Waals surface area contributed by atoms with E-state index in [9.17, 15) is 4.79 Å². The van der Waals surface area contributed by atoms with Gasteiger partial charge in [-0.25, -0.2) is 4.98 Å². The molecule has 1 unspecified atom stereocenters. The van der Waals surface area contributed by atoms with Crippen molar-refractivity contribution in [2.75, 3.05) is 14.2 Å². The van der Waals surface area contributed by atoms with Crippen LogP contribution in [0, 0.1) is 6.92 Å². The molecule has 0 fully saturated rings. The smallest absolute Gasteiger partial charge is 0.251 e. The van der Waals surface area contributed by atoms with Crippen molar-refractivity contribution in [3.8, 4) is 11.5 Å². The number of rotatable bonds is 5. The molecule has 6 heteroatoms. The van der Waals surface area contributed by atoms with Gasteiger partial charge >= 0.3 is 0 Å². The molecule has 2 aromatic carbocycles. The Labute approximate surface area is 176 Å². The number of hydrogen-bond donors (Lipinski definition) is 1. The molecule has 1 atom stereocenters. The summed E-state index contributed by atoms with van der Waals surface area (Å²) in [6, 6.07) is 11.6. The van der Waals surface area contributed by atoms with Crippen molar-refractivity contribution in [2.45, 2.75) is 32.2 Å². The van der Waals surface area contributed by atoms with Crippen molar-refractivity contribution < 1.29 is 14.3 Å². The van der Waals surface area contributed by atoms with Crippen molar-refractivity contribution in [1.29, 1.82) is 0 Å². The Morgan fingerprint density at radius 2 is 1.87 bits per heavy atom. The van der Waals surface area contributed by atoms with Gasteiger partial charge in [-0.1, -0.05) is 12.1 Å². The van der Waals surface area contributed by atoms with E-state index in [0.717, 1.165) is 36.1 Å². The molecule has 0 bridgehead atoms. The van der Waals surface area contributed by atoms with Crippen molar-refractivity contribution in [3.63, 3.8) is 0 Å². The summed E-state index contributed by atoms with van der Waals surface area (Å²) >= 11 is 0. The molecular formula is C24H27N3O3. The first-order valence-electron chi connectivity index (χ1n) is 10.1. The third kappa shape index (κ3) is 3.90. The summed E-state index contributed by atoms with van der Waals surface area (Å²) < 4.78 is 12.7. The van der Waals surface area contributed by atoms with Gasteiger partial charge in [0.25, 0.3) is 5.91 Å². The molecular weight excluding hydrogens is 378 g/mol. The lowest BCUT2D eigenvalue weighted by Gasteiger charge is -2.24. The van der Waals surface area contributed by atoms with Crippen LogP contribution < -0.4 is 14.8 Å². The molecule has 1 heterocycles. The first-order valence-corrected chi connectivity index (χ1v) is 10.1. The molecule has 1 aliphatic rings. The normalized spacial score (nSPS) is 16.3. The summed E-state index contributed by atoms with van der Waals surface area (Å²) in [6.07, 6.45) is 4.80. The maximum absolute atomic E-state index is 12.9. The second kappa shape index (κ2) is 8.22. The lowest BCUT2D eigenvalue weighted by Crippen LogP contribution is -2.36. The van der Waals surface area contributed by atoms with Crippen LogP contribution in [0.25, 0.3) is 16.6 Å². The van der Waals surface area contributed by atoms with E-state index in [0.29, 0.717) is 17.1 Å². The molecule has 0 spiro atoms. The fourth-order valence-electron chi connectivity index (χ4n) is 4.02. The van der Waals surface area contributed by atoms with Crippen LogP contribution in [0.1, 0.15) is 41.0 Å². The number of methoxy groups -OCH3 is 2. The monoisotopic (exact) mass is 405 g/mol. The quantitative estimate of drug-likeness (QED) is 0.689. The zero-order valence-corrected chi connectivity index (χ0v) is 17.9. The van der Waals surface area contributed by atoms with Gasteiger partial charge in [0.15, 0.2) is 0 Å². The van der Waals surface area contributed by atoms with E-state index in [1.807, 2.05) is 7.05 Å². The first kappa shape index (κ1) is 20.0. The van der Waals surface area contributed by atoms with Gasteiger partial charge in [-0.3, -0.25) is 4.79 Å². The number of nitrogens with one attached hydrogen (secondary N) is 1. The number of aromatic nitrogens is 2. The number of fused-ring (bicyclic) bond motifs is 1. The lowest BCUT2D eigenvalue weighted by atomic mass is 9.94. The van der Waals surface area contributed by atoms with Crippen LogP contribution in [0.5, 0.6) is 11.5 Å². The second-order valence-electron chi connectivity index (χ2n) is 7.77. The van der Waals surface area contributed by atoms with E-state index in [2.05, 4.69) is 41.1 Å². The summed E-state index contributed by atoms with van der Waals surface area (Å²) in [4.78, 5) is 17.7. The number of amides is 1. The molecule has 0 saturated heterocycles. The fourth-order valence-corrected chi connectivity index (χ4v) is 4.02. The Balaban J connectivity index is 1.53. The van der Waals surface area contributed by atoms with Crippen LogP contribution in [0.4, 0.5) is 0 Å². The van der Waals surface area contributed by atoms with E-state index < -0.39 is 0 Å². The zero-order valence-electron chi connectivity index (χ0n) is 17.9. The van der Waals surface area contributed by atoms with Gasteiger partial charge in [0.1, 0.15) is 17.3 Å². The number of benzene rings is 2. The molecule has 4 rings (SSSR count). The first-order chi connectivity index (χ1) is 14.5. The van der Waals surface area contributed by atoms with E-state index in [1.165, 1.54) is 11.1 Å². The highest BCUT2D eigenvalue weighted by Gasteiger charge is 2.22. The number of carbonyl (C=O) groups is 1. The number of carbonyl (C=O) groups excluding carboxylic acids is 1. The van der Waals surface area contributed by atoms with Crippen molar-refractivity contribution in [1.82, 2.24) is 14.9 Å². The largest absolute Gasteiger partial charge is 0.497 e. The molecule has 6 nitrogen and oxygen atoms in total. The molecule has 0 radical (unpaired) electrons. The third-order valence-electron chi connectivity index (χ3n) is 5.64. The Bertz CT molecular complexity index is 1110. The molecule has 1 amide bonds. The molecule has 1 N–H and O–H groups in total. The van der Waals surface area contributed by atoms with E-state index >= 15 is 0 Å². The highest BCUT2D eigenvalue weighted by molar-refractivity contribution is 5.95. The average molecular weight is 405 g/mol. The number of nitrogens with zero attached hydrogens (tertiary/aromatic N) is 2. The minimum Gasteiger partial charge on any atom is -0.497 e. The summed E-state index contributed by atoms with van der Waals surface area (Å²) in [5.41, 5.74) is 5.02. The third-order valence-corrected chi connectivity index (χ3v) is 5.64. The van der Waals surface area contributed by atoms with Crippen LogP contribution in [0.2, 0.25) is 0 Å². The standard InChI is InChI=1S/C24H27N3O3/c1-15-8-9-22-21(10-15)26-23(27(22)2)16-6-5-7-18(11-16)25-24(28)17-12-19(29-3)14-20(13-17)30-4/h6,8-10,12-14,18H,5,7,11H2,1-4H3,(H,25,28). The van der Waals surface area contributed by atoms with Crippen LogP contribution >= 0.6 is 0 Å². The van der Waals surface area contributed by atoms with Gasteiger partial charge in [0.2, 0.25) is 0 Å². The fraction of sp³-hybridized carbons (Fsp3) is 0.333. The Morgan fingerprint density at radius 3 is 2.57 bits per heavy atom. The van der Waals surface area contributed by atoms with Gasteiger partial charge in [-0.15, -0.1) is 0 Å². The summed E-state index contributed by atoms with van der Waals surface area (Å²) in [5, 5.41) is 3.17. The molecule has 3 aromatic rings. The maximum Gasteiger partial charge on any atom is 0.251 e. The molecule has 156 valence electrons. The number of hydrogen-bond acceptors (Lipinski definition) is 4. The number of imidazole rings is 1. The Morgan fingerprint density at radius 1 is 1.13 bits per heavy atom. The molecule has 0 saturated carbocycles. The average Bonchev–Trinajstić information content (AvgIpc) is 3.09. The van der Waals surface area contributed by atoms with Gasteiger partial charge in [-0.05, 0) is 61.6 Å². The summed E-state index contributed by atoms with van der Waals surface area (Å²) in [7, 11) is 5.20. The zero-order chi connectivity index (χ0) is 21.3. The minimum absolute atomic E-state index is 0.0521. The minimum atomic E-state index is -0.126. The summed E-state index contributed by atoms with van der Waals surface area (Å²) in [6.45, 7) is 2.08. The lowest BCUT2D eigenvalue weighted by molar-refractivity contribution is 0.0934. The Hall–Kier alpha value is -3.28. The highest BCUT2D eigenvalue weighted by Crippen LogP contribution is 2.29. The van der Waals surface area contributed by atoms with Crippen LogP contribution in [0.15, 0.2) is 42.5 Å². The van der Waals surface area contributed by atoms with Crippen LogP contribution in [-0.2, 0) is 7.05 Å². The van der Waals surface area contributed by atoms with Crippen molar-refractivity contribution in [2.24, 2.45) is 7.05 Å². The van der Waals surface area contributed by atoms with E-state index in [1.54, 1.807) is 32.4 Å². The van der Waals surface area contributed by atoms with Gasteiger partial charge in [0, 0.05) is 24.7 Å². The maximum atomic E-state index is 12.9. The Kier molecular flexibility index (Phi) is 5.48. The molecule has 1 aliphatic carbocycles. The van der Waals surface area contributed by atoms with Gasteiger partial charge < -0.3 is 19.4 Å². The predicted octanol–water partition coefficient (Wildman–Crippen LogP) is 4.26. The number of aryl methyl sites for hydroxylation is 2. The number of ether oxygens (including phenoxy) is 2. The van der Waals surface area contributed by atoms with Crippen LogP contribution in [0.3, 0.4) is 0 Å². The summed E-state index contributed by atoms with van der Waals surface area (Å²) in [5.74, 6) is 2.04. The van der Waals surface area contributed by atoms with Gasteiger partial charge in [-0.2, -0.15) is 0 Å².